The van der Waals surface area contributed by atoms with Crippen LogP contribution in [0.1, 0.15) is 30.9 Å². The normalized spacial score (nSPS) is 10.5. The van der Waals surface area contributed by atoms with Gasteiger partial charge in [0.05, 0.1) is 10.7 Å². The summed E-state index contributed by atoms with van der Waals surface area (Å²) in [5.41, 5.74) is 4.15. The Bertz CT molecular complexity index is 633. The third-order valence-corrected chi connectivity index (χ3v) is 3.79. The van der Waals surface area contributed by atoms with E-state index in [2.05, 4.69) is 36.6 Å². The summed E-state index contributed by atoms with van der Waals surface area (Å²) in [6.07, 6.45) is 0. The van der Waals surface area contributed by atoms with Gasteiger partial charge in [0.2, 0.25) is 0 Å². The summed E-state index contributed by atoms with van der Waals surface area (Å²) in [7, 11) is 0. The molecule has 2 rings (SSSR count). The highest BCUT2D eigenvalue weighted by atomic mass is 35.5. The fourth-order valence-electron chi connectivity index (χ4n) is 2.04. The average molecular weight is 319 g/mol. The first-order valence-electron chi connectivity index (χ1n) is 6.90. The van der Waals surface area contributed by atoms with Crippen molar-refractivity contribution in [3.8, 4) is 0 Å². The van der Waals surface area contributed by atoms with Crippen LogP contribution in [-0.2, 0) is 0 Å². The molecule has 0 aromatic heterocycles. The van der Waals surface area contributed by atoms with Crippen LogP contribution < -0.4 is 10.6 Å². The summed E-state index contributed by atoms with van der Waals surface area (Å²) >= 11 is 11.6. The van der Waals surface area contributed by atoms with Gasteiger partial charge >= 0.3 is 0 Å². The van der Waals surface area contributed by atoms with Crippen LogP contribution in [0.3, 0.4) is 0 Å². The minimum absolute atomic E-state index is 0.485. The van der Waals surface area contributed by atoms with Crippen LogP contribution in [-0.4, -0.2) is 5.11 Å². The number of anilines is 2. The maximum absolute atomic E-state index is 6.19. The number of rotatable bonds is 3. The molecule has 0 bridgehead atoms. The molecule has 0 saturated carbocycles. The maximum atomic E-state index is 6.19. The van der Waals surface area contributed by atoms with E-state index in [0.717, 1.165) is 16.9 Å². The molecule has 0 fully saturated rings. The third-order valence-electron chi connectivity index (χ3n) is 3.27. The van der Waals surface area contributed by atoms with Gasteiger partial charge < -0.3 is 10.6 Å². The van der Waals surface area contributed by atoms with E-state index in [1.165, 1.54) is 5.56 Å². The van der Waals surface area contributed by atoms with E-state index in [1.54, 1.807) is 0 Å². The zero-order valence-electron chi connectivity index (χ0n) is 12.4. The smallest absolute Gasteiger partial charge is 0.175 e. The van der Waals surface area contributed by atoms with Crippen LogP contribution in [0.4, 0.5) is 11.4 Å². The van der Waals surface area contributed by atoms with Crippen molar-refractivity contribution in [1.82, 2.24) is 0 Å². The van der Waals surface area contributed by atoms with E-state index in [4.69, 9.17) is 23.8 Å². The highest BCUT2D eigenvalue weighted by molar-refractivity contribution is 7.80. The Kier molecular flexibility index (Phi) is 5.21. The topological polar surface area (TPSA) is 24.1 Å². The second-order valence-corrected chi connectivity index (χ2v) is 6.11. The summed E-state index contributed by atoms with van der Waals surface area (Å²) in [4.78, 5) is 0. The SMILES string of the molecule is Cc1cccc(Cl)c1NC(=S)Nc1cccc(C(C)C)c1. The van der Waals surface area contributed by atoms with Crippen molar-refractivity contribution >= 4 is 40.3 Å². The highest BCUT2D eigenvalue weighted by Gasteiger charge is 2.06. The van der Waals surface area contributed by atoms with Crippen molar-refractivity contribution in [2.24, 2.45) is 0 Å². The van der Waals surface area contributed by atoms with Crippen molar-refractivity contribution in [1.29, 1.82) is 0 Å². The minimum Gasteiger partial charge on any atom is -0.332 e. The first-order chi connectivity index (χ1) is 9.97. The molecule has 0 heterocycles. The predicted molar refractivity (Wildman–Crippen MR) is 96.6 cm³/mol. The lowest BCUT2D eigenvalue weighted by Gasteiger charge is -2.15. The summed E-state index contributed by atoms with van der Waals surface area (Å²) in [6.45, 7) is 6.34. The molecular weight excluding hydrogens is 300 g/mol. The number of hydrogen-bond donors (Lipinski definition) is 2. The second-order valence-electron chi connectivity index (χ2n) is 5.29. The molecule has 0 saturated heterocycles. The number of thiocarbonyl (C=S) groups is 1. The molecule has 2 aromatic rings. The highest BCUT2D eigenvalue weighted by Crippen LogP contribution is 2.25. The maximum Gasteiger partial charge on any atom is 0.175 e. The van der Waals surface area contributed by atoms with Gasteiger partial charge in [-0.15, -0.1) is 0 Å². The van der Waals surface area contributed by atoms with Crippen LogP contribution in [0.5, 0.6) is 0 Å². The molecule has 2 nitrogen and oxygen atoms in total. The number of benzene rings is 2. The van der Waals surface area contributed by atoms with E-state index >= 15 is 0 Å². The standard InChI is InChI=1S/C17H19ClN2S/c1-11(2)13-7-5-8-14(10-13)19-17(21)20-16-12(3)6-4-9-15(16)18/h4-11H,1-3H3,(H2,19,20,21). The molecule has 110 valence electrons. The van der Waals surface area contributed by atoms with Crippen molar-refractivity contribution < 1.29 is 0 Å². The van der Waals surface area contributed by atoms with Crippen LogP contribution >= 0.6 is 23.8 Å². The largest absolute Gasteiger partial charge is 0.332 e. The molecule has 21 heavy (non-hydrogen) atoms. The lowest BCUT2D eigenvalue weighted by molar-refractivity contribution is 0.867. The Morgan fingerprint density at radius 1 is 1.10 bits per heavy atom. The molecule has 2 N–H and O–H groups in total. The Morgan fingerprint density at radius 2 is 1.81 bits per heavy atom. The van der Waals surface area contributed by atoms with Gasteiger partial charge in [-0.25, -0.2) is 0 Å². The van der Waals surface area contributed by atoms with E-state index in [-0.39, 0.29) is 0 Å². The van der Waals surface area contributed by atoms with Crippen molar-refractivity contribution in [3.05, 3.63) is 58.6 Å². The van der Waals surface area contributed by atoms with Gasteiger partial charge in [0.15, 0.2) is 5.11 Å². The van der Waals surface area contributed by atoms with Gasteiger partial charge in [-0.3, -0.25) is 0 Å². The lowest BCUT2D eigenvalue weighted by Crippen LogP contribution is -2.20. The Labute approximate surface area is 136 Å². The number of hydrogen-bond acceptors (Lipinski definition) is 1. The van der Waals surface area contributed by atoms with Crippen molar-refractivity contribution in [3.63, 3.8) is 0 Å². The Hall–Kier alpha value is -1.58. The molecule has 0 aliphatic heterocycles. The molecule has 0 atom stereocenters. The van der Waals surface area contributed by atoms with Gasteiger partial charge in [-0.2, -0.15) is 0 Å². The van der Waals surface area contributed by atoms with Gasteiger partial charge in [0.1, 0.15) is 0 Å². The van der Waals surface area contributed by atoms with Gasteiger partial charge in [0.25, 0.3) is 0 Å². The summed E-state index contributed by atoms with van der Waals surface area (Å²) in [5.74, 6) is 0.485. The molecular formula is C17H19ClN2S. The second kappa shape index (κ2) is 6.92. The zero-order chi connectivity index (χ0) is 15.4. The Balaban J connectivity index is 2.10. The Morgan fingerprint density at radius 3 is 2.48 bits per heavy atom. The molecule has 2 aromatic carbocycles. The fraction of sp³-hybridized carbons (Fsp3) is 0.235. The summed E-state index contributed by atoms with van der Waals surface area (Å²) in [5, 5.41) is 7.56. The number of nitrogens with one attached hydrogen (secondary N) is 2. The quantitative estimate of drug-likeness (QED) is 0.722. The molecule has 4 heteroatoms. The molecule has 0 aliphatic carbocycles. The zero-order valence-corrected chi connectivity index (χ0v) is 14.0. The van der Waals surface area contributed by atoms with Gasteiger partial charge in [0, 0.05) is 5.69 Å². The van der Waals surface area contributed by atoms with E-state index in [1.807, 2.05) is 37.3 Å². The number of para-hydroxylation sites is 1. The van der Waals surface area contributed by atoms with Crippen molar-refractivity contribution in [2.45, 2.75) is 26.7 Å². The fourth-order valence-corrected chi connectivity index (χ4v) is 2.53. The summed E-state index contributed by atoms with van der Waals surface area (Å²) < 4.78 is 0. The van der Waals surface area contributed by atoms with E-state index in [0.29, 0.717) is 16.1 Å². The van der Waals surface area contributed by atoms with Crippen LogP contribution in [0.15, 0.2) is 42.5 Å². The number of halogens is 1. The monoisotopic (exact) mass is 318 g/mol. The minimum atomic E-state index is 0.485. The number of aryl methyl sites for hydroxylation is 1. The van der Waals surface area contributed by atoms with E-state index < -0.39 is 0 Å². The molecule has 0 spiro atoms. The average Bonchev–Trinajstić information content (AvgIpc) is 2.43. The summed E-state index contributed by atoms with van der Waals surface area (Å²) in [6, 6.07) is 14.0. The first-order valence-corrected chi connectivity index (χ1v) is 7.69. The van der Waals surface area contributed by atoms with Crippen LogP contribution in [0.2, 0.25) is 5.02 Å². The van der Waals surface area contributed by atoms with Gasteiger partial charge in [-0.05, 0) is 54.4 Å². The van der Waals surface area contributed by atoms with Crippen LogP contribution in [0, 0.1) is 6.92 Å². The van der Waals surface area contributed by atoms with E-state index in [9.17, 15) is 0 Å². The molecule has 0 amide bonds. The molecule has 0 radical (unpaired) electrons. The van der Waals surface area contributed by atoms with Crippen LogP contribution in [0.25, 0.3) is 0 Å². The third kappa shape index (κ3) is 4.19. The predicted octanol–water partition coefficient (Wildman–Crippen LogP) is 5.58. The lowest BCUT2D eigenvalue weighted by atomic mass is 10.0. The molecule has 0 aliphatic rings. The molecule has 0 unspecified atom stereocenters. The first kappa shape index (κ1) is 15.8. The van der Waals surface area contributed by atoms with Crippen molar-refractivity contribution in [2.75, 3.05) is 10.6 Å². The van der Waals surface area contributed by atoms with Gasteiger partial charge in [-0.1, -0.05) is 49.7 Å².